The van der Waals surface area contributed by atoms with Gasteiger partial charge in [0, 0.05) is 44.9 Å². The highest BCUT2D eigenvalue weighted by molar-refractivity contribution is 5.89. The van der Waals surface area contributed by atoms with Crippen LogP contribution in [0, 0.1) is 11.6 Å². The molecule has 196 valence electrons. The fourth-order valence-corrected chi connectivity index (χ4v) is 4.71. The van der Waals surface area contributed by atoms with Crippen molar-refractivity contribution >= 4 is 11.8 Å². The van der Waals surface area contributed by atoms with Crippen LogP contribution in [0.2, 0.25) is 0 Å². The first-order chi connectivity index (χ1) is 18.5. The number of amides is 2. The third kappa shape index (κ3) is 5.71. The van der Waals surface area contributed by atoms with Crippen LogP contribution in [0.25, 0.3) is 17.1 Å². The van der Waals surface area contributed by atoms with Crippen molar-refractivity contribution in [2.24, 2.45) is 0 Å². The van der Waals surface area contributed by atoms with Crippen LogP contribution in [0.5, 0.6) is 0 Å². The number of urea groups is 1. The molecule has 2 unspecified atom stereocenters. The Kier molecular flexibility index (Phi) is 7.71. The van der Waals surface area contributed by atoms with E-state index in [1.807, 2.05) is 48.5 Å². The number of ether oxygens (including phenoxy) is 1. The largest absolute Gasteiger partial charge is 0.383 e. The molecule has 2 atom stereocenters. The van der Waals surface area contributed by atoms with Crippen molar-refractivity contribution in [2.45, 2.75) is 12.0 Å². The lowest BCUT2D eigenvalue weighted by Crippen LogP contribution is -2.42. The van der Waals surface area contributed by atoms with E-state index in [9.17, 15) is 13.6 Å². The molecule has 4 aromatic rings. The average Bonchev–Trinajstić information content (AvgIpc) is 3.54. The van der Waals surface area contributed by atoms with E-state index in [0.717, 1.165) is 11.8 Å². The summed E-state index contributed by atoms with van der Waals surface area (Å²) >= 11 is 0. The Bertz CT molecular complexity index is 1380. The summed E-state index contributed by atoms with van der Waals surface area (Å²) in [6.45, 7) is 2.30. The van der Waals surface area contributed by atoms with E-state index in [-0.39, 0.29) is 12.0 Å². The van der Waals surface area contributed by atoms with Gasteiger partial charge < -0.3 is 10.1 Å². The topological polar surface area (TPSA) is 84.3 Å². The number of aromatic nitrogens is 3. The fourth-order valence-electron chi connectivity index (χ4n) is 4.71. The summed E-state index contributed by atoms with van der Waals surface area (Å²) in [4.78, 5) is 19.8. The minimum absolute atomic E-state index is 0.226. The Morgan fingerprint density at radius 1 is 1.00 bits per heavy atom. The van der Waals surface area contributed by atoms with Gasteiger partial charge >= 0.3 is 6.03 Å². The number of rotatable bonds is 8. The second-order valence-electron chi connectivity index (χ2n) is 9.11. The molecular formula is C28H28F2N6O2. The van der Waals surface area contributed by atoms with Gasteiger partial charge in [-0.15, -0.1) is 0 Å². The molecule has 1 aliphatic rings. The molecule has 1 saturated heterocycles. The molecule has 2 amide bonds. The van der Waals surface area contributed by atoms with Crippen molar-refractivity contribution in [2.75, 3.05) is 38.7 Å². The van der Waals surface area contributed by atoms with Gasteiger partial charge in [-0.2, -0.15) is 5.10 Å². The monoisotopic (exact) mass is 518 g/mol. The maximum Gasteiger partial charge on any atom is 0.320 e. The van der Waals surface area contributed by atoms with Crippen molar-refractivity contribution < 1.29 is 18.3 Å². The first-order valence-electron chi connectivity index (χ1n) is 12.3. The molecule has 0 spiro atoms. The van der Waals surface area contributed by atoms with Gasteiger partial charge in [-0.25, -0.2) is 18.3 Å². The van der Waals surface area contributed by atoms with Gasteiger partial charge in [-0.3, -0.25) is 15.2 Å². The Labute approximate surface area is 219 Å². The van der Waals surface area contributed by atoms with Crippen LogP contribution in [-0.4, -0.2) is 65.1 Å². The number of hydrogen-bond donors (Lipinski definition) is 2. The molecule has 3 heterocycles. The minimum atomic E-state index is -0.908. The molecule has 38 heavy (non-hydrogen) atoms. The maximum absolute atomic E-state index is 14.0. The summed E-state index contributed by atoms with van der Waals surface area (Å²) in [6.07, 6.45) is 1.69. The SMILES string of the molecule is COCCN1CC(NC(=O)Nc2cc(-c3ccccn3)nn2-c2ccccc2)C(c2ccc(F)c(F)c2)C1. The molecule has 0 bridgehead atoms. The summed E-state index contributed by atoms with van der Waals surface area (Å²) in [7, 11) is 1.63. The highest BCUT2D eigenvalue weighted by atomic mass is 19.2. The maximum atomic E-state index is 14.0. The van der Waals surface area contributed by atoms with E-state index in [1.165, 1.54) is 6.07 Å². The Hall–Kier alpha value is -4.15. The smallest absolute Gasteiger partial charge is 0.320 e. The molecule has 1 fully saturated rings. The molecule has 0 aliphatic carbocycles. The van der Waals surface area contributed by atoms with Crippen molar-refractivity contribution in [1.29, 1.82) is 0 Å². The summed E-state index contributed by atoms with van der Waals surface area (Å²) in [5, 5.41) is 10.6. The van der Waals surface area contributed by atoms with Crippen LogP contribution >= 0.6 is 0 Å². The van der Waals surface area contributed by atoms with Crippen LogP contribution in [0.3, 0.4) is 0 Å². The third-order valence-corrected chi connectivity index (χ3v) is 6.57. The zero-order valence-corrected chi connectivity index (χ0v) is 20.8. The number of hydrogen-bond acceptors (Lipinski definition) is 5. The van der Waals surface area contributed by atoms with Crippen LogP contribution in [0.15, 0.2) is 79.0 Å². The van der Waals surface area contributed by atoms with Crippen LogP contribution < -0.4 is 10.6 Å². The lowest BCUT2D eigenvalue weighted by Gasteiger charge is -2.21. The lowest BCUT2D eigenvalue weighted by molar-refractivity contribution is 0.159. The molecular weight excluding hydrogens is 490 g/mol. The van der Waals surface area contributed by atoms with E-state index >= 15 is 0 Å². The van der Waals surface area contributed by atoms with E-state index < -0.39 is 17.7 Å². The number of methoxy groups -OCH3 is 1. The molecule has 1 aliphatic heterocycles. The first-order valence-corrected chi connectivity index (χ1v) is 12.3. The van der Waals surface area contributed by atoms with Crippen molar-refractivity contribution in [1.82, 2.24) is 25.0 Å². The fraction of sp³-hybridized carbons (Fsp3) is 0.250. The Morgan fingerprint density at radius 3 is 2.55 bits per heavy atom. The Morgan fingerprint density at radius 2 is 1.82 bits per heavy atom. The molecule has 2 aromatic carbocycles. The van der Waals surface area contributed by atoms with Gasteiger partial charge in [0.1, 0.15) is 11.5 Å². The molecule has 2 N–H and O–H groups in total. The number of nitrogens with zero attached hydrogens (tertiary/aromatic N) is 4. The number of halogens is 2. The van der Waals surface area contributed by atoms with Gasteiger partial charge in [0.05, 0.1) is 24.0 Å². The number of likely N-dealkylation sites (tertiary alicyclic amines) is 1. The van der Waals surface area contributed by atoms with Crippen LogP contribution in [0.4, 0.5) is 19.4 Å². The summed E-state index contributed by atoms with van der Waals surface area (Å²) in [5.74, 6) is -1.57. The second-order valence-corrected chi connectivity index (χ2v) is 9.11. The number of anilines is 1. The predicted molar refractivity (Wildman–Crippen MR) is 140 cm³/mol. The van der Waals surface area contributed by atoms with Gasteiger partial charge in [0.2, 0.25) is 0 Å². The second kappa shape index (κ2) is 11.5. The van der Waals surface area contributed by atoms with Crippen LogP contribution in [0.1, 0.15) is 11.5 Å². The van der Waals surface area contributed by atoms with E-state index in [4.69, 9.17) is 4.74 Å². The van der Waals surface area contributed by atoms with Gasteiger partial charge in [-0.05, 0) is 42.0 Å². The molecule has 8 nitrogen and oxygen atoms in total. The standard InChI is InChI=1S/C28H28F2N6O2/c1-38-14-13-35-17-21(19-10-11-22(29)23(30)15-19)26(18-35)32-28(37)33-27-16-25(24-9-5-6-12-31-24)34-36(27)20-7-3-2-4-8-20/h2-12,15-16,21,26H,13-14,17-18H2,1H3,(H2,32,33,37). The number of pyridine rings is 1. The molecule has 5 rings (SSSR count). The van der Waals surface area contributed by atoms with Gasteiger partial charge in [0.15, 0.2) is 11.6 Å². The van der Waals surface area contributed by atoms with Crippen molar-refractivity contribution in [3.63, 3.8) is 0 Å². The third-order valence-electron chi connectivity index (χ3n) is 6.57. The summed E-state index contributed by atoms with van der Waals surface area (Å²) in [5.41, 5.74) is 2.68. The Balaban J connectivity index is 1.38. The first kappa shape index (κ1) is 25.5. The minimum Gasteiger partial charge on any atom is -0.383 e. The average molecular weight is 519 g/mol. The van der Waals surface area contributed by atoms with Crippen molar-refractivity contribution in [3.8, 4) is 17.1 Å². The zero-order chi connectivity index (χ0) is 26.5. The van der Waals surface area contributed by atoms with E-state index in [2.05, 4.69) is 25.6 Å². The van der Waals surface area contributed by atoms with Gasteiger partial charge in [-0.1, -0.05) is 30.3 Å². The normalized spacial score (nSPS) is 17.4. The number of benzene rings is 2. The number of carbonyl (C=O) groups excluding carboxylic acids is 1. The number of para-hydroxylation sites is 1. The lowest BCUT2D eigenvalue weighted by atomic mass is 9.94. The molecule has 0 radical (unpaired) electrons. The highest BCUT2D eigenvalue weighted by Gasteiger charge is 2.35. The van der Waals surface area contributed by atoms with Crippen LogP contribution in [-0.2, 0) is 4.74 Å². The molecule has 10 heteroatoms. The quantitative estimate of drug-likeness (QED) is 0.360. The summed E-state index contributed by atoms with van der Waals surface area (Å²) in [6, 6.07) is 19.9. The highest BCUT2D eigenvalue weighted by Crippen LogP contribution is 2.29. The number of nitrogens with one attached hydrogen (secondary N) is 2. The van der Waals surface area contributed by atoms with Gasteiger partial charge in [0.25, 0.3) is 0 Å². The van der Waals surface area contributed by atoms with E-state index in [1.54, 1.807) is 30.1 Å². The zero-order valence-electron chi connectivity index (χ0n) is 20.8. The van der Waals surface area contributed by atoms with Crippen molar-refractivity contribution in [3.05, 3.63) is 96.2 Å². The van der Waals surface area contributed by atoms with E-state index in [0.29, 0.717) is 49.0 Å². The summed E-state index contributed by atoms with van der Waals surface area (Å²) < 4.78 is 34.5. The molecule has 2 aromatic heterocycles. The predicted octanol–water partition coefficient (Wildman–Crippen LogP) is 4.45. The number of carbonyl (C=O) groups is 1. The molecule has 0 saturated carbocycles.